The summed E-state index contributed by atoms with van der Waals surface area (Å²) in [5.41, 5.74) is 4.02. The first-order chi connectivity index (χ1) is 10.0. The van der Waals surface area contributed by atoms with Gasteiger partial charge in [-0.25, -0.2) is 4.79 Å². The summed E-state index contributed by atoms with van der Waals surface area (Å²) >= 11 is 3.49. The average Bonchev–Trinajstić information content (AvgIpc) is 2.49. The molecular weight excluding hydrogens is 330 g/mol. The van der Waals surface area contributed by atoms with Crippen LogP contribution in [0.1, 0.15) is 22.7 Å². The smallest absolute Gasteiger partial charge is 0.332 e. The lowest BCUT2D eigenvalue weighted by Crippen LogP contribution is -2.23. The van der Waals surface area contributed by atoms with Crippen LogP contribution in [0.25, 0.3) is 0 Å². The standard InChI is InChI=1S/C17H18BrNO2/c1-11-7-6-8-13(12(11)2)16(17(20)21-3)19-15-10-5-4-9-14(15)18/h4-10,16,19H,1-3H3. The van der Waals surface area contributed by atoms with E-state index < -0.39 is 6.04 Å². The van der Waals surface area contributed by atoms with Gasteiger partial charge in [0, 0.05) is 10.2 Å². The molecule has 0 aliphatic rings. The maximum Gasteiger partial charge on any atom is 0.332 e. The van der Waals surface area contributed by atoms with Crippen LogP contribution in [0.4, 0.5) is 5.69 Å². The lowest BCUT2D eigenvalue weighted by molar-refractivity contribution is -0.141. The van der Waals surface area contributed by atoms with Gasteiger partial charge in [0.25, 0.3) is 0 Å². The molecule has 2 aromatic rings. The predicted molar refractivity (Wildman–Crippen MR) is 88.4 cm³/mol. The Labute approximate surface area is 133 Å². The summed E-state index contributed by atoms with van der Waals surface area (Å²) in [6, 6.07) is 13.1. The van der Waals surface area contributed by atoms with Crippen molar-refractivity contribution in [2.24, 2.45) is 0 Å². The summed E-state index contributed by atoms with van der Waals surface area (Å²) in [5.74, 6) is -0.306. The fourth-order valence-corrected chi connectivity index (χ4v) is 2.60. The number of hydrogen-bond donors (Lipinski definition) is 1. The summed E-state index contributed by atoms with van der Waals surface area (Å²) in [4.78, 5) is 12.2. The molecule has 2 rings (SSSR count). The van der Waals surface area contributed by atoms with E-state index in [1.165, 1.54) is 7.11 Å². The topological polar surface area (TPSA) is 38.3 Å². The Balaban J connectivity index is 2.42. The highest BCUT2D eigenvalue weighted by molar-refractivity contribution is 9.10. The van der Waals surface area contributed by atoms with Gasteiger partial charge in [-0.05, 0) is 58.6 Å². The number of aryl methyl sites for hydroxylation is 1. The van der Waals surface area contributed by atoms with E-state index in [0.29, 0.717) is 0 Å². The number of benzene rings is 2. The molecule has 0 radical (unpaired) electrons. The first-order valence-electron chi connectivity index (χ1n) is 6.69. The lowest BCUT2D eigenvalue weighted by atomic mass is 9.97. The Morgan fingerprint density at radius 2 is 1.86 bits per heavy atom. The molecule has 1 N–H and O–H groups in total. The number of rotatable bonds is 4. The Morgan fingerprint density at radius 3 is 2.52 bits per heavy atom. The quantitative estimate of drug-likeness (QED) is 0.833. The van der Waals surface area contributed by atoms with Gasteiger partial charge in [-0.3, -0.25) is 0 Å². The number of anilines is 1. The van der Waals surface area contributed by atoms with E-state index in [9.17, 15) is 4.79 Å². The van der Waals surface area contributed by atoms with Crippen molar-refractivity contribution in [2.75, 3.05) is 12.4 Å². The Hall–Kier alpha value is -1.81. The minimum absolute atomic E-state index is 0.306. The summed E-state index contributed by atoms with van der Waals surface area (Å²) in [6.07, 6.45) is 0. The van der Waals surface area contributed by atoms with Gasteiger partial charge in [-0.15, -0.1) is 0 Å². The Morgan fingerprint density at radius 1 is 1.14 bits per heavy atom. The van der Waals surface area contributed by atoms with Gasteiger partial charge < -0.3 is 10.1 Å². The van der Waals surface area contributed by atoms with Gasteiger partial charge in [0.1, 0.15) is 0 Å². The molecule has 110 valence electrons. The second-order valence-electron chi connectivity index (χ2n) is 4.87. The third kappa shape index (κ3) is 3.45. The molecular formula is C17H18BrNO2. The maximum atomic E-state index is 12.2. The molecule has 4 heteroatoms. The molecule has 0 saturated carbocycles. The van der Waals surface area contributed by atoms with Crippen molar-refractivity contribution in [3.63, 3.8) is 0 Å². The van der Waals surface area contributed by atoms with Crippen molar-refractivity contribution >= 4 is 27.6 Å². The van der Waals surface area contributed by atoms with Crippen LogP contribution < -0.4 is 5.32 Å². The minimum atomic E-state index is -0.534. The molecule has 0 spiro atoms. The van der Waals surface area contributed by atoms with Gasteiger partial charge in [0.2, 0.25) is 0 Å². The van der Waals surface area contributed by atoms with Crippen molar-refractivity contribution < 1.29 is 9.53 Å². The number of esters is 1. The van der Waals surface area contributed by atoms with Crippen LogP contribution >= 0.6 is 15.9 Å². The van der Waals surface area contributed by atoms with Crippen LogP contribution in [0.15, 0.2) is 46.9 Å². The van der Waals surface area contributed by atoms with E-state index in [-0.39, 0.29) is 5.97 Å². The number of para-hydroxylation sites is 1. The molecule has 0 fully saturated rings. The fourth-order valence-electron chi connectivity index (χ4n) is 2.20. The second-order valence-corrected chi connectivity index (χ2v) is 5.72. The predicted octanol–water partition coefficient (Wildman–Crippen LogP) is 4.39. The first kappa shape index (κ1) is 15.6. The normalized spacial score (nSPS) is 11.8. The molecule has 0 heterocycles. The number of carbonyl (C=O) groups excluding carboxylic acids is 1. The summed E-state index contributed by atoms with van der Waals surface area (Å²) < 4.78 is 5.86. The number of ether oxygens (including phenoxy) is 1. The van der Waals surface area contributed by atoms with Crippen LogP contribution in [-0.2, 0) is 9.53 Å². The lowest BCUT2D eigenvalue weighted by Gasteiger charge is -2.21. The third-order valence-electron chi connectivity index (χ3n) is 3.57. The largest absolute Gasteiger partial charge is 0.467 e. The fraction of sp³-hybridized carbons (Fsp3) is 0.235. The number of carbonyl (C=O) groups is 1. The first-order valence-corrected chi connectivity index (χ1v) is 7.49. The van der Waals surface area contributed by atoms with Gasteiger partial charge in [0.15, 0.2) is 6.04 Å². The van der Waals surface area contributed by atoms with Crippen molar-refractivity contribution in [1.29, 1.82) is 0 Å². The molecule has 3 nitrogen and oxygen atoms in total. The maximum absolute atomic E-state index is 12.2. The molecule has 0 aromatic heterocycles. The monoisotopic (exact) mass is 347 g/mol. The van der Waals surface area contributed by atoms with E-state index in [4.69, 9.17) is 4.74 Å². The highest BCUT2D eigenvalue weighted by Crippen LogP contribution is 2.29. The van der Waals surface area contributed by atoms with Crippen molar-refractivity contribution in [3.05, 3.63) is 63.6 Å². The van der Waals surface area contributed by atoms with E-state index in [2.05, 4.69) is 21.2 Å². The summed E-state index contributed by atoms with van der Waals surface area (Å²) in [6.45, 7) is 4.05. The van der Waals surface area contributed by atoms with E-state index in [1.54, 1.807) is 0 Å². The van der Waals surface area contributed by atoms with Crippen LogP contribution in [0.2, 0.25) is 0 Å². The zero-order valence-corrected chi connectivity index (χ0v) is 13.9. The summed E-state index contributed by atoms with van der Waals surface area (Å²) in [7, 11) is 1.40. The molecule has 0 saturated heterocycles. The Kier molecular flexibility index (Phi) is 5.02. The van der Waals surface area contributed by atoms with Crippen LogP contribution in [0.5, 0.6) is 0 Å². The third-order valence-corrected chi connectivity index (χ3v) is 4.26. The van der Waals surface area contributed by atoms with E-state index in [1.807, 2.05) is 56.3 Å². The van der Waals surface area contributed by atoms with E-state index in [0.717, 1.165) is 26.9 Å². The van der Waals surface area contributed by atoms with E-state index >= 15 is 0 Å². The molecule has 2 aromatic carbocycles. The molecule has 0 aliphatic carbocycles. The van der Waals surface area contributed by atoms with Crippen LogP contribution in [0, 0.1) is 13.8 Å². The van der Waals surface area contributed by atoms with Crippen molar-refractivity contribution in [2.45, 2.75) is 19.9 Å². The SMILES string of the molecule is COC(=O)C(Nc1ccccc1Br)c1cccc(C)c1C. The molecule has 0 aliphatic heterocycles. The van der Waals surface area contributed by atoms with Crippen molar-refractivity contribution in [1.82, 2.24) is 0 Å². The number of methoxy groups -OCH3 is 1. The zero-order chi connectivity index (χ0) is 15.4. The zero-order valence-electron chi connectivity index (χ0n) is 12.3. The van der Waals surface area contributed by atoms with Gasteiger partial charge in [-0.2, -0.15) is 0 Å². The second kappa shape index (κ2) is 6.76. The van der Waals surface area contributed by atoms with Crippen LogP contribution in [0.3, 0.4) is 0 Å². The van der Waals surface area contributed by atoms with Gasteiger partial charge >= 0.3 is 5.97 Å². The number of halogens is 1. The number of nitrogens with one attached hydrogen (secondary N) is 1. The average molecular weight is 348 g/mol. The molecule has 0 amide bonds. The Bertz CT molecular complexity index is 655. The molecule has 21 heavy (non-hydrogen) atoms. The highest BCUT2D eigenvalue weighted by Gasteiger charge is 2.24. The van der Waals surface area contributed by atoms with Gasteiger partial charge in [-0.1, -0.05) is 30.3 Å². The summed E-state index contributed by atoms with van der Waals surface area (Å²) in [5, 5.41) is 3.26. The van der Waals surface area contributed by atoms with Gasteiger partial charge in [0.05, 0.1) is 7.11 Å². The molecule has 1 atom stereocenters. The minimum Gasteiger partial charge on any atom is -0.467 e. The van der Waals surface area contributed by atoms with Crippen LogP contribution in [-0.4, -0.2) is 13.1 Å². The molecule has 1 unspecified atom stereocenters. The molecule has 0 bridgehead atoms. The highest BCUT2D eigenvalue weighted by atomic mass is 79.9. The number of hydrogen-bond acceptors (Lipinski definition) is 3. The van der Waals surface area contributed by atoms with Crippen molar-refractivity contribution in [3.8, 4) is 0 Å².